The fraction of sp³-hybridized carbons (Fsp3) is 0.381. The summed E-state index contributed by atoms with van der Waals surface area (Å²) in [6, 6.07) is 4.80. The van der Waals surface area contributed by atoms with E-state index < -0.39 is 0 Å². The lowest BCUT2D eigenvalue weighted by atomic mass is 10.0. The molecular formula is C21H23FN6OS. The molecule has 0 aliphatic carbocycles. The highest BCUT2D eigenvalue weighted by atomic mass is 32.1. The fourth-order valence-corrected chi connectivity index (χ4v) is 4.27. The quantitative estimate of drug-likeness (QED) is 0.662. The van der Waals surface area contributed by atoms with E-state index in [1.807, 2.05) is 13.8 Å². The minimum Gasteiger partial charge on any atom is -0.296 e. The number of likely N-dealkylation sites (tertiary alicyclic amines) is 1. The van der Waals surface area contributed by atoms with E-state index >= 15 is 0 Å². The summed E-state index contributed by atoms with van der Waals surface area (Å²) >= 11 is 1.42. The Kier molecular flexibility index (Phi) is 6.10. The molecule has 1 saturated heterocycles. The molecule has 3 aromatic heterocycles. The molecule has 1 N–H and O–H groups in total. The lowest BCUT2D eigenvalue weighted by Crippen LogP contribution is -2.34. The topological polar surface area (TPSA) is 83.9 Å². The van der Waals surface area contributed by atoms with Gasteiger partial charge < -0.3 is 0 Å². The number of hydrogen-bond donors (Lipinski definition) is 1. The largest absolute Gasteiger partial charge is 0.296 e. The molecule has 9 heteroatoms. The van der Waals surface area contributed by atoms with E-state index in [2.05, 4.69) is 30.2 Å². The van der Waals surface area contributed by atoms with Gasteiger partial charge in [0.05, 0.1) is 17.9 Å². The minimum absolute atomic E-state index is 0.0147. The van der Waals surface area contributed by atoms with Crippen molar-refractivity contribution < 1.29 is 9.18 Å². The summed E-state index contributed by atoms with van der Waals surface area (Å²) in [5, 5.41) is 3.36. The van der Waals surface area contributed by atoms with E-state index in [4.69, 9.17) is 0 Å². The predicted molar refractivity (Wildman–Crippen MR) is 113 cm³/mol. The van der Waals surface area contributed by atoms with Gasteiger partial charge in [0, 0.05) is 23.3 Å². The summed E-state index contributed by atoms with van der Waals surface area (Å²) in [7, 11) is 0. The molecular weight excluding hydrogens is 403 g/mol. The standard InChI is InChI=1S/C21H23FN6OS/c1-13-9-17(20(29)27-21-24-10-14(2)30-21)26-19(25-13)18-5-3-4-8-28(18)12-16-7-6-15(22)11-23-16/h6-7,9-11,18H,3-5,8,12H2,1-2H3,(H,24,27,29). The number of aryl methyl sites for hydroxylation is 2. The summed E-state index contributed by atoms with van der Waals surface area (Å²) < 4.78 is 13.2. The molecule has 7 nitrogen and oxygen atoms in total. The Morgan fingerprint density at radius 2 is 2.10 bits per heavy atom. The number of halogens is 1. The molecule has 3 aromatic rings. The molecule has 1 aliphatic heterocycles. The van der Waals surface area contributed by atoms with Gasteiger partial charge in [-0.3, -0.25) is 20.0 Å². The number of carbonyl (C=O) groups excluding carboxylic acids is 1. The Morgan fingerprint density at radius 1 is 1.23 bits per heavy atom. The van der Waals surface area contributed by atoms with Gasteiger partial charge in [-0.1, -0.05) is 6.42 Å². The number of nitrogens with one attached hydrogen (secondary N) is 1. The average Bonchev–Trinajstić information content (AvgIpc) is 3.14. The first-order chi connectivity index (χ1) is 14.5. The maximum absolute atomic E-state index is 13.2. The van der Waals surface area contributed by atoms with Crippen LogP contribution in [0.15, 0.2) is 30.6 Å². The molecule has 0 aromatic carbocycles. The third kappa shape index (κ3) is 4.85. The fourth-order valence-electron chi connectivity index (χ4n) is 3.61. The highest BCUT2D eigenvalue weighted by Crippen LogP contribution is 2.30. The van der Waals surface area contributed by atoms with Crippen LogP contribution in [0.1, 0.15) is 57.9 Å². The Morgan fingerprint density at radius 3 is 2.83 bits per heavy atom. The van der Waals surface area contributed by atoms with Crippen molar-refractivity contribution in [2.45, 2.75) is 45.7 Å². The van der Waals surface area contributed by atoms with Crippen LogP contribution in [-0.2, 0) is 6.54 Å². The molecule has 4 rings (SSSR count). The van der Waals surface area contributed by atoms with Crippen LogP contribution in [-0.4, -0.2) is 37.3 Å². The van der Waals surface area contributed by atoms with Crippen molar-refractivity contribution in [2.75, 3.05) is 11.9 Å². The highest BCUT2D eigenvalue weighted by molar-refractivity contribution is 7.15. The molecule has 156 valence electrons. The lowest BCUT2D eigenvalue weighted by Gasteiger charge is -2.34. The van der Waals surface area contributed by atoms with Gasteiger partial charge in [-0.05, 0) is 51.4 Å². The van der Waals surface area contributed by atoms with Crippen molar-refractivity contribution in [3.05, 3.63) is 64.2 Å². The Hall–Kier alpha value is -2.78. The number of thiazole rings is 1. The molecule has 30 heavy (non-hydrogen) atoms. The van der Waals surface area contributed by atoms with Gasteiger partial charge >= 0.3 is 0 Å². The van der Waals surface area contributed by atoms with Gasteiger partial charge in [0.15, 0.2) is 5.13 Å². The van der Waals surface area contributed by atoms with Crippen LogP contribution < -0.4 is 5.32 Å². The summed E-state index contributed by atoms with van der Waals surface area (Å²) in [5.41, 5.74) is 1.87. The third-order valence-corrected chi connectivity index (χ3v) is 5.84. The number of anilines is 1. The minimum atomic E-state index is -0.345. The molecule has 0 bridgehead atoms. The zero-order chi connectivity index (χ0) is 21.1. The van der Waals surface area contributed by atoms with Crippen molar-refractivity contribution in [3.63, 3.8) is 0 Å². The zero-order valence-corrected chi connectivity index (χ0v) is 17.7. The van der Waals surface area contributed by atoms with Crippen LogP contribution in [0.4, 0.5) is 9.52 Å². The van der Waals surface area contributed by atoms with Gasteiger partial charge in [-0.15, -0.1) is 11.3 Å². The van der Waals surface area contributed by atoms with Gasteiger partial charge in [-0.2, -0.15) is 0 Å². The second-order valence-electron chi connectivity index (χ2n) is 7.43. The van der Waals surface area contributed by atoms with Gasteiger partial charge in [0.1, 0.15) is 17.3 Å². The number of hydrogen-bond acceptors (Lipinski definition) is 7. The SMILES string of the molecule is Cc1cc(C(=O)Nc2ncc(C)s2)nc(C2CCCCN2Cc2ccc(F)cn2)n1. The molecule has 0 spiro atoms. The number of aromatic nitrogens is 4. The number of amides is 1. The average molecular weight is 427 g/mol. The van der Waals surface area contributed by atoms with E-state index in [0.29, 0.717) is 23.2 Å². The maximum Gasteiger partial charge on any atom is 0.276 e. The number of nitrogens with zero attached hydrogens (tertiary/aromatic N) is 5. The van der Waals surface area contributed by atoms with E-state index in [1.54, 1.807) is 18.3 Å². The van der Waals surface area contributed by atoms with Crippen molar-refractivity contribution in [2.24, 2.45) is 0 Å². The molecule has 0 radical (unpaired) electrons. The van der Waals surface area contributed by atoms with Crippen LogP contribution in [0.5, 0.6) is 0 Å². The summed E-state index contributed by atoms with van der Waals surface area (Å²) in [6.07, 6.45) is 5.99. The van der Waals surface area contributed by atoms with Crippen molar-refractivity contribution in [3.8, 4) is 0 Å². The van der Waals surface area contributed by atoms with Gasteiger partial charge in [-0.25, -0.2) is 19.3 Å². The molecule has 0 saturated carbocycles. The molecule has 4 heterocycles. The van der Waals surface area contributed by atoms with Crippen LogP contribution in [0, 0.1) is 19.7 Å². The van der Waals surface area contributed by atoms with Crippen molar-refractivity contribution in [1.29, 1.82) is 0 Å². The van der Waals surface area contributed by atoms with Crippen LogP contribution >= 0.6 is 11.3 Å². The number of piperidine rings is 1. The highest BCUT2D eigenvalue weighted by Gasteiger charge is 2.28. The first-order valence-electron chi connectivity index (χ1n) is 9.92. The zero-order valence-electron chi connectivity index (χ0n) is 16.9. The van der Waals surface area contributed by atoms with Gasteiger partial charge in [0.2, 0.25) is 0 Å². The van der Waals surface area contributed by atoms with E-state index in [9.17, 15) is 9.18 Å². The van der Waals surface area contributed by atoms with Crippen molar-refractivity contribution in [1.82, 2.24) is 24.8 Å². The second kappa shape index (κ2) is 8.93. The van der Waals surface area contributed by atoms with Crippen molar-refractivity contribution >= 4 is 22.4 Å². The summed E-state index contributed by atoms with van der Waals surface area (Å²) in [4.78, 5) is 33.6. The Labute approximate surface area is 178 Å². The predicted octanol–water partition coefficient (Wildman–Crippen LogP) is 4.06. The molecule has 1 fully saturated rings. The number of carbonyl (C=O) groups is 1. The molecule has 1 aliphatic rings. The number of rotatable bonds is 5. The van der Waals surface area contributed by atoms with E-state index in [0.717, 1.165) is 42.1 Å². The van der Waals surface area contributed by atoms with Crippen LogP contribution in [0.3, 0.4) is 0 Å². The smallest absolute Gasteiger partial charge is 0.276 e. The lowest BCUT2D eigenvalue weighted by molar-refractivity contribution is 0.101. The molecule has 1 unspecified atom stereocenters. The first-order valence-corrected chi connectivity index (χ1v) is 10.7. The molecule has 1 atom stereocenters. The number of pyridine rings is 1. The maximum atomic E-state index is 13.2. The monoisotopic (exact) mass is 426 g/mol. The Balaban J connectivity index is 1.56. The van der Waals surface area contributed by atoms with E-state index in [1.165, 1.54) is 23.6 Å². The van der Waals surface area contributed by atoms with Gasteiger partial charge in [0.25, 0.3) is 5.91 Å². The summed E-state index contributed by atoms with van der Waals surface area (Å²) in [6.45, 7) is 5.27. The van der Waals surface area contributed by atoms with Crippen LogP contribution in [0.2, 0.25) is 0 Å². The van der Waals surface area contributed by atoms with E-state index in [-0.39, 0.29) is 17.8 Å². The third-order valence-electron chi connectivity index (χ3n) is 5.01. The summed E-state index contributed by atoms with van der Waals surface area (Å²) in [5.74, 6) is -0.00187. The second-order valence-corrected chi connectivity index (χ2v) is 8.67. The normalized spacial score (nSPS) is 17.1. The Bertz CT molecular complexity index is 1040. The molecule has 1 amide bonds. The first kappa shape index (κ1) is 20.5. The van der Waals surface area contributed by atoms with Crippen LogP contribution in [0.25, 0.3) is 0 Å².